The largest absolute Gasteiger partial charge is 0.390 e. The Hall–Kier alpha value is -2.88. The molecule has 2 N–H and O–H groups in total. The number of non-ortho nitro benzene ring substituents is 1. The molecule has 0 unspecified atom stereocenters. The highest BCUT2D eigenvalue weighted by atomic mass is 35.5. The van der Waals surface area contributed by atoms with Gasteiger partial charge in [0.2, 0.25) is 5.91 Å². The van der Waals surface area contributed by atoms with E-state index in [4.69, 9.17) is 11.6 Å². The SMILES string of the molecule is O=C(CSc1nc(CO)cn1Cc1ccc(Cl)cc1)Nc1ccc([N+](=O)[O-])cc1. The van der Waals surface area contributed by atoms with Gasteiger partial charge in [-0.2, -0.15) is 0 Å². The van der Waals surface area contributed by atoms with E-state index in [9.17, 15) is 20.0 Å². The number of halogens is 1. The number of aromatic nitrogens is 2. The molecule has 0 spiro atoms. The van der Waals surface area contributed by atoms with Crippen LogP contribution in [0, 0.1) is 10.1 Å². The first-order chi connectivity index (χ1) is 13.9. The number of anilines is 1. The molecule has 0 aliphatic carbocycles. The molecule has 0 bridgehead atoms. The van der Waals surface area contributed by atoms with Gasteiger partial charge in [-0.1, -0.05) is 35.5 Å². The number of thioether (sulfide) groups is 1. The van der Waals surface area contributed by atoms with Gasteiger partial charge in [-0.3, -0.25) is 14.9 Å². The Morgan fingerprint density at radius 3 is 2.52 bits per heavy atom. The van der Waals surface area contributed by atoms with E-state index in [-0.39, 0.29) is 24.0 Å². The molecule has 0 saturated heterocycles. The number of carbonyl (C=O) groups is 1. The number of rotatable bonds is 8. The number of aliphatic hydroxyl groups is 1. The first kappa shape index (κ1) is 20.8. The summed E-state index contributed by atoms with van der Waals surface area (Å²) in [5.41, 5.74) is 1.95. The topological polar surface area (TPSA) is 110 Å². The number of nitro groups is 1. The number of carbonyl (C=O) groups excluding carboxylic acids is 1. The molecule has 0 fully saturated rings. The maximum atomic E-state index is 12.2. The van der Waals surface area contributed by atoms with Crippen molar-refractivity contribution in [1.82, 2.24) is 9.55 Å². The molecule has 2 aromatic carbocycles. The summed E-state index contributed by atoms with van der Waals surface area (Å²) in [4.78, 5) is 26.8. The average Bonchev–Trinajstić information content (AvgIpc) is 3.10. The summed E-state index contributed by atoms with van der Waals surface area (Å²) < 4.78 is 1.86. The first-order valence-corrected chi connectivity index (χ1v) is 9.89. The second-order valence-electron chi connectivity index (χ2n) is 6.07. The van der Waals surface area contributed by atoms with Gasteiger partial charge in [0.1, 0.15) is 0 Å². The van der Waals surface area contributed by atoms with Crippen molar-refractivity contribution in [2.24, 2.45) is 0 Å². The van der Waals surface area contributed by atoms with Gasteiger partial charge >= 0.3 is 0 Å². The van der Waals surface area contributed by atoms with Crippen molar-refractivity contribution in [2.45, 2.75) is 18.3 Å². The lowest BCUT2D eigenvalue weighted by atomic mass is 10.2. The molecule has 0 saturated carbocycles. The van der Waals surface area contributed by atoms with Gasteiger partial charge < -0.3 is 15.0 Å². The summed E-state index contributed by atoms with van der Waals surface area (Å²) in [7, 11) is 0. The molecule has 1 amide bonds. The zero-order valence-electron chi connectivity index (χ0n) is 15.1. The minimum Gasteiger partial charge on any atom is -0.390 e. The maximum absolute atomic E-state index is 12.2. The molecule has 3 rings (SSSR count). The van der Waals surface area contributed by atoms with Crippen LogP contribution in [-0.2, 0) is 17.9 Å². The van der Waals surface area contributed by atoms with Crippen LogP contribution in [0.25, 0.3) is 0 Å². The van der Waals surface area contributed by atoms with E-state index in [1.54, 1.807) is 18.3 Å². The zero-order valence-corrected chi connectivity index (χ0v) is 16.7. The fraction of sp³-hybridized carbons (Fsp3) is 0.158. The Kier molecular flexibility index (Phi) is 6.86. The Balaban J connectivity index is 1.63. The highest BCUT2D eigenvalue weighted by molar-refractivity contribution is 7.99. The number of nitro benzene ring substituents is 1. The van der Waals surface area contributed by atoms with Gasteiger partial charge in [0.25, 0.3) is 5.69 Å². The highest BCUT2D eigenvalue weighted by Gasteiger charge is 2.12. The third-order valence-corrected chi connectivity index (χ3v) is 5.15. The summed E-state index contributed by atoms with van der Waals surface area (Å²) in [6.45, 7) is 0.326. The van der Waals surface area contributed by atoms with Crippen LogP contribution in [0.1, 0.15) is 11.3 Å². The Bertz CT molecular complexity index is 1010. The van der Waals surface area contributed by atoms with Gasteiger partial charge in [-0.25, -0.2) is 4.98 Å². The van der Waals surface area contributed by atoms with Crippen LogP contribution in [0.2, 0.25) is 5.02 Å². The van der Waals surface area contributed by atoms with Crippen LogP contribution < -0.4 is 5.32 Å². The van der Waals surface area contributed by atoms with Crippen molar-refractivity contribution in [1.29, 1.82) is 0 Å². The van der Waals surface area contributed by atoms with Gasteiger partial charge in [0.05, 0.1) is 23.0 Å². The van der Waals surface area contributed by atoms with Crippen LogP contribution in [-0.4, -0.2) is 31.2 Å². The molecule has 1 aromatic heterocycles. The van der Waals surface area contributed by atoms with E-state index >= 15 is 0 Å². The maximum Gasteiger partial charge on any atom is 0.269 e. The smallest absolute Gasteiger partial charge is 0.269 e. The van der Waals surface area contributed by atoms with Crippen molar-refractivity contribution < 1.29 is 14.8 Å². The number of imidazole rings is 1. The summed E-state index contributed by atoms with van der Waals surface area (Å²) in [5, 5.41) is 24.0. The molecule has 150 valence electrons. The Morgan fingerprint density at radius 1 is 1.21 bits per heavy atom. The number of nitrogens with one attached hydrogen (secondary N) is 1. The zero-order chi connectivity index (χ0) is 20.8. The standard InChI is InChI=1S/C19H17ClN4O4S/c20-14-3-1-13(2-4-14)9-23-10-16(11-25)22-19(23)29-12-18(26)21-15-5-7-17(8-6-15)24(27)28/h1-8,10,25H,9,11-12H2,(H,21,26). The Morgan fingerprint density at radius 2 is 1.90 bits per heavy atom. The average molecular weight is 433 g/mol. The number of benzene rings is 2. The summed E-state index contributed by atoms with van der Waals surface area (Å²) in [6, 6.07) is 13.0. The molecule has 0 atom stereocenters. The van der Waals surface area contributed by atoms with Gasteiger partial charge in [-0.05, 0) is 29.8 Å². The summed E-state index contributed by atoms with van der Waals surface area (Å²) in [6.07, 6.45) is 1.74. The van der Waals surface area contributed by atoms with Crippen LogP contribution in [0.5, 0.6) is 0 Å². The minimum atomic E-state index is -0.499. The van der Waals surface area contributed by atoms with Gasteiger partial charge in [0, 0.05) is 35.6 Å². The number of nitrogens with zero attached hydrogens (tertiary/aromatic N) is 3. The molecular weight excluding hydrogens is 416 g/mol. The lowest BCUT2D eigenvalue weighted by Gasteiger charge is -2.08. The van der Waals surface area contributed by atoms with E-state index in [1.165, 1.54) is 36.0 Å². The van der Waals surface area contributed by atoms with E-state index in [1.807, 2.05) is 16.7 Å². The van der Waals surface area contributed by atoms with Crippen LogP contribution in [0.3, 0.4) is 0 Å². The van der Waals surface area contributed by atoms with E-state index in [0.29, 0.717) is 28.1 Å². The molecule has 8 nitrogen and oxygen atoms in total. The molecule has 0 radical (unpaired) electrons. The predicted octanol–water partition coefficient (Wildman–Crippen LogP) is 3.72. The van der Waals surface area contributed by atoms with Gasteiger partial charge in [0.15, 0.2) is 5.16 Å². The molecule has 29 heavy (non-hydrogen) atoms. The van der Waals surface area contributed by atoms with Crippen LogP contribution in [0.4, 0.5) is 11.4 Å². The molecule has 1 heterocycles. The molecule has 3 aromatic rings. The molecule has 10 heteroatoms. The summed E-state index contributed by atoms with van der Waals surface area (Å²) in [5.74, 6) is -0.171. The first-order valence-electron chi connectivity index (χ1n) is 8.53. The second kappa shape index (κ2) is 9.55. The lowest BCUT2D eigenvalue weighted by Crippen LogP contribution is -2.14. The monoisotopic (exact) mass is 432 g/mol. The normalized spacial score (nSPS) is 10.7. The van der Waals surface area contributed by atoms with Crippen LogP contribution >= 0.6 is 23.4 Å². The fourth-order valence-electron chi connectivity index (χ4n) is 2.54. The van der Waals surface area contributed by atoms with Crippen molar-refractivity contribution >= 4 is 40.6 Å². The van der Waals surface area contributed by atoms with Crippen LogP contribution in [0.15, 0.2) is 59.9 Å². The predicted molar refractivity (Wildman–Crippen MR) is 111 cm³/mol. The van der Waals surface area contributed by atoms with Gasteiger partial charge in [-0.15, -0.1) is 0 Å². The fourth-order valence-corrected chi connectivity index (χ4v) is 3.46. The molecule has 0 aliphatic rings. The highest BCUT2D eigenvalue weighted by Crippen LogP contribution is 2.21. The van der Waals surface area contributed by atoms with E-state index in [0.717, 1.165) is 5.56 Å². The molecular formula is C19H17ClN4O4S. The van der Waals surface area contributed by atoms with E-state index < -0.39 is 4.92 Å². The Labute approximate surface area is 175 Å². The third-order valence-electron chi connectivity index (χ3n) is 3.91. The van der Waals surface area contributed by atoms with Crippen molar-refractivity contribution in [2.75, 3.05) is 11.1 Å². The molecule has 0 aliphatic heterocycles. The number of hydrogen-bond donors (Lipinski definition) is 2. The number of hydrogen-bond acceptors (Lipinski definition) is 6. The third kappa shape index (κ3) is 5.80. The van der Waals surface area contributed by atoms with Crippen molar-refractivity contribution in [3.8, 4) is 0 Å². The summed E-state index contributed by atoms with van der Waals surface area (Å²) >= 11 is 7.15. The van der Waals surface area contributed by atoms with Crippen molar-refractivity contribution in [3.05, 3.63) is 81.1 Å². The quantitative estimate of drug-likeness (QED) is 0.319. The van der Waals surface area contributed by atoms with E-state index in [2.05, 4.69) is 10.3 Å². The second-order valence-corrected chi connectivity index (χ2v) is 7.45. The number of amides is 1. The number of aliphatic hydroxyl groups excluding tert-OH is 1. The van der Waals surface area contributed by atoms with Crippen molar-refractivity contribution in [3.63, 3.8) is 0 Å². The minimum absolute atomic E-state index is 0.0434. The lowest BCUT2D eigenvalue weighted by molar-refractivity contribution is -0.384.